The van der Waals surface area contributed by atoms with Crippen LogP contribution in [0.5, 0.6) is 0 Å². The van der Waals surface area contributed by atoms with Gasteiger partial charge in [0.2, 0.25) is 5.78 Å². The Kier molecular flexibility index (Phi) is 4.04. The van der Waals surface area contributed by atoms with Crippen LogP contribution in [0.1, 0.15) is 16.1 Å². The van der Waals surface area contributed by atoms with Crippen LogP contribution in [-0.4, -0.2) is 19.6 Å². The van der Waals surface area contributed by atoms with Crippen LogP contribution < -0.4 is 0 Å². The Balaban J connectivity index is 1.84. The number of halogens is 1. The molecule has 3 aromatic carbocycles. The van der Waals surface area contributed by atoms with E-state index in [1.54, 1.807) is 0 Å². The van der Waals surface area contributed by atoms with Crippen LogP contribution in [0, 0.1) is 0 Å². The smallest absolute Gasteiger partial charge is 0.211 e. The van der Waals surface area contributed by atoms with Gasteiger partial charge in [-0.05, 0) is 36.4 Å². The molecule has 6 rings (SSSR count). The molecule has 0 unspecified atom stereocenters. The second kappa shape index (κ2) is 6.93. The van der Waals surface area contributed by atoms with Crippen molar-refractivity contribution in [2.75, 3.05) is 0 Å². The molecular weight excluding hydrogens is 450 g/mol. The summed E-state index contributed by atoms with van der Waals surface area (Å²) in [6.07, 6.45) is 1.94. The van der Waals surface area contributed by atoms with Gasteiger partial charge in [0, 0.05) is 21.8 Å². The lowest BCUT2D eigenvalue weighted by Gasteiger charge is -2.16. The summed E-state index contributed by atoms with van der Waals surface area (Å²) in [6, 6.07) is 29.5. The van der Waals surface area contributed by atoms with E-state index >= 15 is 0 Å². The summed E-state index contributed by atoms with van der Waals surface area (Å²) < 4.78 is 5.07. The van der Waals surface area contributed by atoms with E-state index in [-0.39, 0.29) is 5.78 Å². The van der Waals surface area contributed by atoms with E-state index < -0.39 is 0 Å². The molecule has 3 aromatic heterocycles. The van der Waals surface area contributed by atoms with Gasteiger partial charge in [-0.2, -0.15) is 0 Å². The standard InChI is InChI=1S/C26H16BrN3O/c27-19-14-12-17(13-15-19)23-24(25(31)18-7-2-1-3-8-18)29-16-6-11-22(29)26-28-20-9-4-5-10-21(20)30(23)26/h1-16H. The van der Waals surface area contributed by atoms with Crippen LogP contribution in [0.2, 0.25) is 0 Å². The summed E-state index contributed by atoms with van der Waals surface area (Å²) >= 11 is 3.53. The Morgan fingerprint density at radius 3 is 2.29 bits per heavy atom. The SMILES string of the molecule is O=C(c1ccccc1)c1c(-c2ccc(Br)cc2)n2c3ccccc3nc2c2cccn12. The van der Waals surface area contributed by atoms with Crippen LogP contribution in [0.15, 0.2) is 102 Å². The van der Waals surface area contributed by atoms with Gasteiger partial charge < -0.3 is 4.40 Å². The lowest BCUT2D eigenvalue weighted by molar-refractivity contribution is 0.103. The molecule has 6 aromatic rings. The Labute approximate surface area is 186 Å². The van der Waals surface area contributed by atoms with E-state index in [0.29, 0.717) is 11.3 Å². The van der Waals surface area contributed by atoms with Gasteiger partial charge in [-0.25, -0.2) is 4.98 Å². The molecule has 5 heteroatoms. The van der Waals surface area contributed by atoms with E-state index in [2.05, 4.69) is 20.3 Å². The third kappa shape index (κ3) is 2.74. The minimum Gasteiger partial charge on any atom is -0.308 e. The van der Waals surface area contributed by atoms with Crippen molar-refractivity contribution in [3.05, 3.63) is 113 Å². The fourth-order valence-electron chi connectivity index (χ4n) is 4.22. The lowest BCUT2D eigenvalue weighted by Crippen LogP contribution is -2.13. The van der Waals surface area contributed by atoms with Gasteiger partial charge in [-0.1, -0.05) is 70.5 Å². The van der Waals surface area contributed by atoms with Gasteiger partial charge in [0.15, 0.2) is 5.65 Å². The third-order valence-corrected chi connectivity index (χ3v) is 6.12. The predicted molar refractivity (Wildman–Crippen MR) is 127 cm³/mol. The normalized spacial score (nSPS) is 11.5. The first kappa shape index (κ1) is 18.1. The summed E-state index contributed by atoms with van der Waals surface area (Å²) in [6.45, 7) is 0. The summed E-state index contributed by atoms with van der Waals surface area (Å²) in [5.41, 5.74) is 6.64. The van der Waals surface area contributed by atoms with Gasteiger partial charge in [0.1, 0.15) is 5.69 Å². The molecule has 0 atom stereocenters. The molecule has 0 aliphatic rings. The van der Waals surface area contributed by atoms with Crippen LogP contribution in [0.25, 0.3) is 33.5 Å². The summed E-state index contributed by atoms with van der Waals surface area (Å²) in [5, 5.41) is 0. The molecule has 0 spiro atoms. The minimum absolute atomic E-state index is 0.0283. The largest absolute Gasteiger partial charge is 0.308 e. The van der Waals surface area contributed by atoms with Crippen molar-refractivity contribution in [1.29, 1.82) is 0 Å². The number of ketones is 1. The number of aromatic nitrogens is 3. The molecule has 4 nitrogen and oxygen atoms in total. The third-order valence-electron chi connectivity index (χ3n) is 5.60. The zero-order chi connectivity index (χ0) is 20.9. The van der Waals surface area contributed by atoms with Crippen molar-refractivity contribution in [3.8, 4) is 11.3 Å². The van der Waals surface area contributed by atoms with E-state index in [0.717, 1.165) is 37.9 Å². The number of fused-ring (bicyclic) bond motifs is 5. The lowest BCUT2D eigenvalue weighted by atomic mass is 10.0. The molecule has 0 saturated heterocycles. The minimum atomic E-state index is -0.0283. The fourth-order valence-corrected chi connectivity index (χ4v) is 4.48. The molecule has 0 aliphatic heterocycles. The highest BCUT2D eigenvalue weighted by Gasteiger charge is 2.24. The highest BCUT2D eigenvalue weighted by molar-refractivity contribution is 9.10. The predicted octanol–water partition coefficient (Wildman–Crippen LogP) is 6.40. The van der Waals surface area contributed by atoms with Gasteiger partial charge >= 0.3 is 0 Å². The van der Waals surface area contributed by atoms with Gasteiger partial charge in [-0.3, -0.25) is 9.20 Å². The van der Waals surface area contributed by atoms with Crippen LogP contribution in [-0.2, 0) is 0 Å². The maximum atomic E-state index is 13.9. The molecule has 0 aliphatic carbocycles. The molecular formula is C26H16BrN3O. The number of benzene rings is 3. The molecule has 0 amide bonds. The van der Waals surface area contributed by atoms with Crippen molar-refractivity contribution in [3.63, 3.8) is 0 Å². The van der Waals surface area contributed by atoms with Crippen LogP contribution in [0.4, 0.5) is 0 Å². The number of carbonyl (C=O) groups excluding carboxylic acids is 1. The molecule has 3 heterocycles. The molecule has 0 bridgehead atoms. The van der Waals surface area contributed by atoms with Crippen molar-refractivity contribution in [2.45, 2.75) is 0 Å². The first-order chi connectivity index (χ1) is 15.2. The Morgan fingerprint density at radius 2 is 1.48 bits per heavy atom. The zero-order valence-electron chi connectivity index (χ0n) is 16.4. The van der Waals surface area contributed by atoms with Crippen LogP contribution >= 0.6 is 15.9 Å². The molecule has 0 fully saturated rings. The Hall–Kier alpha value is -3.70. The highest BCUT2D eigenvalue weighted by atomic mass is 79.9. The van der Waals surface area contributed by atoms with Crippen molar-refractivity contribution >= 4 is 43.9 Å². The quantitative estimate of drug-likeness (QED) is 0.283. The maximum Gasteiger partial charge on any atom is 0.211 e. The van der Waals surface area contributed by atoms with E-state index in [4.69, 9.17) is 4.98 Å². The monoisotopic (exact) mass is 465 g/mol. The maximum absolute atomic E-state index is 13.9. The molecule has 0 radical (unpaired) electrons. The number of hydrogen-bond acceptors (Lipinski definition) is 2. The molecule has 31 heavy (non-hydrogen) atoms. The Morgan fingerprint density at radius 1 is 0.774 bits per heavy atom. The van der Waals surface area contributed by atoms with Gasteiger partial charge in [0.25, 0.3) is 0 Å². The van der Waals surface area contributed by atoms with Gasteiger partial charge in [-0.15, -0.1) is 0 Å². The molecule has 0 saturated carbocycles. The first-order valence-corrected chi connectivity index (χ1v) is 10.8. The number of nitrogens with zero attached hydrogens (tertiary/aromatic N) is 3. The molecule has 148 valence electrons. The number of rotatable bonds is 3. The van der Waals surface area contributed by atoms with E-state index in [9.17, 15) is 4.79 Å². The second-order valence-electron chi connectivity index (χ2n) is 7.42. The fraction of sp³-hybridized carbons (Fsp3) is 0. The summed E-state index contributed by atoms with van der Waals surface area (Å²) in [5.74, 6) is -0.0283. The number of para-hydroxylation sites is 2. The zero-order valence-corrected chi connectivity index (χ0v) is 18.0. The summed E-state index contributed by atoms with van der Waals surface area (Å²) in [4.78, 5) is 18.8. The van der Waals surface area contributed by atoms with Gasteiger partial charge in [0.05, 0.1) is 22.2 Å². The number of hydrogen-bond donors (Lipinski definition) is 0. The van der Waals surface area contributed by atoms with E-state index in [1.807, 2.05) is 102 Å². The first-order valence-electron chi connectivity index (χ1n) is 9.98. The van der Waals surface area contributed by atoms with Crippen molar-refractivity contribution < 1.29 is 4.79 Å². The topological polar surface area (TPSA) is 38.8 Å². The molecule has 0 N–H and O–H groups in total. The van der Waals surface area contributed by atoms with Crippen molar-refractivity contribution in [2.24, 2.45) is 0 Å². The second-order valence-corrected chi connectivity index (χ2v) is 8.34. The van der Waals surface area contributed by atoms with E-state index in [1.165, 1.54) is 0 Å². The number of imidazole rings is 1. The van der Waals surface area contributed by atoms with Crippen molar-refractivity contribution in [1.82, 2.24) is 13.8 Å². The average molecular weight is 466 g/mol. The van der Waals surface area contributed by atoms with Crippen LogP contribution in [0.3, 0.4) is 0 Å². The Bertz CT molecular complexity index is 1600. The number of carbonyl (C=O) groups is 1. The highest BCUT2D eigenvalue weighted by Crippen LogP contribution is 2.33. The average Bonchev–Trinajstić information content (AvgIpc) is 3.44. The summed E-state index contributed by atoms with van der Waals surface area (Å²) in [7, 11) is 0.